The Kier molecular flexibility index (Phi) is 5.69. The number of benzene rings is 1. The Morgan fingerprint density at radius 1 is 1.14 bits per heavy atom. The summed E-state index contributed by atoms with van der Waals surface area (Å²) in [6.07, 6.45) is 2.11. The summed E-state index contributed by atoms with van der Waals surface area (Å²) in [5, 5.41) is 8.14. The highest BCUT2D eigenvalue weighted by Gasteiger charge is 2.21. The third-order valence-electron chi connectivity index (χ3n) is 5.62. The molecule has 0 spiro atoms. The molecule has 29 heavy (non-hydrogen) atoms. The van der Waals surface area contributed by atoms with Crippen molar-refractivity contribution in [3.8, 4) is 0 Å². The van der Waals surface area contributed by atoms with Crippen molar-refractivity contribution >= 4 is 22.7 Å². The van der Waals surface area contributed by atoms with Crippen LogP contribution in [0.5, 0.6) is 0 Å². The van der Waals surface area contributed by atoms with Crippen LogP contribution in [0.25, 0.3) is 11.0 Å². The van der Waals surface area contributed by atoms with E-state index in [0.29, 0.717) is 12.6 Å². The number of hydrogen-bond donors (Lipinski definition) is 2. The molecule has 0 unspecified atom stereocenters. The van der Waals surface area contributed by atoms with Crippen LogP contribution in [0.4, 0.5) is 5.82 Å². The summed E-state index contributed by atoms with van der Waals surface area (Å²) in [7, 11) is 1.81. The van der Waals surface area contributed by atoms with Crippen molar-refractivity contribution in [3.63, 3.8) is 0 Å². The van der Waals surface area contributed by atoms with E-state index in [1.807, 2.05) is 38.2 Å². The quantitative estimate of drug-likeness (QED) is 0.523. The number of para-hydroxylation sites is 1. The molecule has 1 aromatic carbocycles. The van der Waals surface area contributed by atoms with Gasteiger partial charge < -0.3 is 20.0 Å². The number of aromatic nitrogens is 1. The molecule has 6 nitrogen and oxygen atoms in total. The van der Waals surface area contributed by atoms with Crippen LogP contribution < -0.4 is 15.5 Å². The normalized spacial score (nSPS) is 15.7. The van der Waals surface area contributed by atoms with E-state index in [1.165, 1.54) is 10.9 Å². The van der Waals surface area contributed by atoms with E-state index in [-0.39, 0.29) is 0 Å². The summed E-state index contributed by atoms with van der Waals surface area (Å²) < 4.78 is 6.00. The van der Waals surface area contributed by atoms with Crippen molar-refractivity contribution in [3.05, 3.63) is 59.5 Å². The van der Waals surface area contributed by atoms with Crippen molar-refractivity contribution in [2.45, 2.75) is 39.3 Å². The number of furan rings is 1. The molecule has 0 atom stereocenters. The maximum atomic E-state index is 6.00. The molecule has 1 fully saturated rings. The van der Waals surface area contributed by atoms with Crippen LogP contribution in [0.3, 0.4) is 0 Å². The first-order valence-corrected chi connectivity index (χ1v) is 10.3. The van der Waals surface area contributed by atoms with Gasteiger partial charge in [0.15, 0.2) is 5.96 Å². The lowest BCUT2D eigenvalue weighted by Crippen LogP contribution is -2.48. The van der Waals surface area contributed by atoms with E-state index in [1.54, 1.807) is 0 Å². The van der Waals surface area contributed by atoms with E-state index >= 15 is 0 Å². The van der Waals surface area contributed by atoms with Gasteiger partial charge in [0.05, 0.1) is 6.54 Å². The van der Waals surface area contributed by atoms with Crippen molar-refractivity contribution in [2.24, 2.45) is 4.99 Å². The van der Waals surface area contributed by atoms with Gasteiger partial charge in [-0.1, -0.05) is 24.3 Å². The van der Waals surface area contributed by atoms with E-state index in [0.717, 1.165) is 54.7 Å². The molecule has 0 amide bonds. The Balaban J connectivity index is 1.31. The van der Waals surface area contributed by atoms with Crippen LogP contribution in [-0.2, 0) is 6.54 Å². The molecule has 2 N–H and O–H groups in total. The second kappa shape index (κ2) is 8.55. The number of piperidine rings is 1. The zero-order chi connectivity index (χ0) is 20.2. The number of anilines is 1. The Labute approximate surface area is 172 Å². The molecular formula is C23H29N5O. The summed E-state index contributed by atoms with van der Waals surface area (Å²) in [6, 6.07) is 14.8. The zero-order valence-corrected chi connectivity index (χ0v) is 17.4. The highest BCUT2D eigenvalue weighted by molar-refractivity contribution is 5.83. The van der Waals surface area contributed by atoms with Gasteiger partial charge in [0, 0.05) is 42.8 Å². The Bertz CT molecular complexity index is 1000. The first-order valence-electron chi connectivity index (χ1n) is 10.3. The number of rotatable bonds is 4. The van der Waals surface area contributed by atoms with Gasteiger partial charge in [-0.15, -0.1) is 0 Å². The number of pyridine rings is 1. The fraction of sp³-hybridized carbons (Fsp3) is 0.391. The molecule has 1 aliphatic rings. The van der Waals surface area contributed by atoms with Gasteiger partial charge in [-0.3, -0.25) is 4.99 Å². The van der Waals surface area contributed by atoms with E-state index < -0.39 is 0 Å². The minimum absolute atomic E-state index is 0.402. The first-order chi connectivity index (χ1) is 14.1. The minimum Gasteiger partial charge on any atom is -0.459 e. The highest BCUT2D eigenvalue weighted by Crippen LogP contribution is 2.24. The molecule has 4 rings (SSSR count). The lowest BCUT2D eigenvalue weighted by molar-refractivity contribution is 0.457. The number of guanidine groups is 1. The molecule has 1 saturated heterocycles. The third kappa shape index (κ3) is 4.36. The van der Waals surface area contributed by atoms with Gasteiger partial charge in [0.1, 0.15) is 17.2 Å². The largest absolute Gasteiger partial charge is 0.459 e. The Morgan fingerprint density at radius 3 is 2.66 bits per heavy atom. The van der Waals surface area contributed by atoms with E-state index in [9.17, 15) is 0 Å². The molecule has 152 valence electrons. The number of hydrogen-bond acceptors (Lipinski definition) is 4. The van der Waals surface area contributed by atoms with Crippen molar-refractivity contribution in [1.82, 2.24) is 15.6 Å². The zero-order valence-electron chi connectivity index (χ0n) is 17.4. The smallest absolute Gasteiger partial charge is 0.191 e. The second-order valence-corrected chi connectivity index (χ2v) is 7.61. The Morgan fingerprint density at radius 2 is 1.93 bits per heavy atom. The average molecular weight is 392 g/mol. The van der Waals surface area contributed by atoms with Crippen LogP contribution >= 0.6 is 0 Å². The lowest BCUT2D eigenvalue weighted by Gasteiger charge is -2.34. The highest BCUT2D eigenvalue weighted by atomic mass is 16.3. The molecule has 0 bridgehead atoms. The molecule has 2 aromatic heterocycles. The molecule has 1 aliphatic heterocycles. The first kappa shape index (κ1) is 19.3. The van der Waals surface area contributed by atoms with Crippen LogP contribution in [0, 0.1) is 13.8 Å². The second-order valence-electron chi connectivity index (χ2n) is 7.61. The molecular weight excluding hydrogens is 362 g/mol. The maximum absolute atomic E-state index is 6.00. The minimum atomic E-state index is 0.402. The Hall–Kier alpha value is -3.02. The predicted molar refractivity (Wildman–Crippen MR) is 118 cm³/mol. The summed E-state index contributed by atoms with van der Waals surface area (Å²) in [5.41, 5.74) is 3.18. The molecule has 3 aromatic rings. The summed E-state index contributed by atoms with van der Waals surface area (Å²) in [5.74, 6) is 2.85. The summed E-state index contributed by atoms with van der Waals surface area (Å²) in [6.45, 7) is 6.75. The van der Waals surface area contributed by atoms with Crippen LogP contribution in [0.1, 0.15) is 29.9 Å². The lowest BCUT2D eigenvalue weighted by atomic mass is 10.1. The maximum Gasteiger partial charge on any atom is 0.191 e. The number of aliphatic imine (C=N–C) groups is 1. The fourth-order valence-corrected chi connectivity index (χ4v) is 3.90. The van der Waals surface area contributed by atoms with Crippen molar-refractivity contribution in [1.29, 1.82) is 0 Å². The SMILES string of the molecule is CN=C(NCc1oc2ccccc2c1C)NC1CCN(c2cccc(C)n2)CC1. The monoisotopic (exact) mass is 391 g/mol. The molecule has 0 aliphatic carbocycles. The fourth-order valence-electron chi connectivity index (χ4n) is 3.90. The van der Waals surface area contributed by atoms with Gasteiger partial charge >= 0.3 is 0 Å². The topological polar surface area (TPSA) is 65.7 Å². The summed E-state index contributed by atoms with van der Waals surface area (Å²) >= 11 is 0. The van der Waals surface area contributed by atoms with Crippen LogP contribution in [-0.4, -0.2) is 37.1 Å². The van der Waals surface area contributed by atoms with E-state index in [2.05, 4.69) is 50.6 Å². The average Bonchev–Trinajstić information content (AvgIpc) is 3.07. The number of nitrogens with zero attached hydrogens (tertiary/aromatic N) is 3. The summed E-state index contributed by atoms with van der Waals surface area (Å²) in [4.78, 5) is 11.4. The number of nitrogens with one attached hydrogen (secondary N) is 2. The molecule has 0 saturated carbocycles. The van der Waals surface area contributed by atoms with E-state index in [4.69, 9.17) is 4.42 Å². The van der Waals surface area contributed by atoms with Crippen LogP contribution in [0.15, 0.2) is 51.9 Å². The standard InChI is InChI=1S/C23H29N5O/c1-16-7-6-10-22(26-16)28-13-11-18(12-14-28)27-23(24-3)25-15-21-17(2)19-8-4-5-9-20(19)29-21/h4-10,18H,11-15H2,1-3H3,(H2,24,25,27). The van der Waals surface area contributed by atoms with Gasteiger partial charge in [0.25, 0.3) is 0 Å². The van der Waals surface area contributed by atoms with Crippen molar-refractivity contribution < 1.29 is 4.42 Å². The predicted octanol–water partition coefficient (Wildman–Crippen LogP) is 3.78. The third-order valence-corrected chi connectivity index (χ3v) is 5.62. The molecule has 0 radical (unpaired) electrons. The van der Waals surface area contributed by atoms with Gasteiger partial charge in [-0.2, -0.15) is 0 Å². The van der Waals surface area contributed by atoms with Gasteiger partial charge in [-0.05, 0) is 44.9 Å². The van der Waals surface area contributed by atoms with Gasteiger partial charge in [0.2, 0.25) is 0 Å². The van der Waals surface area contributed by atoms with Gasteiger partial charge in [-0.25, -0.2) is 4.98 Å². The molecule has 3 heterocycles. The number of aryl methyl sites for hydroxylation is 2. The van der Waals surface area contributed by atoms with Crippen molar-refractivity contribution in [2.75, 3.05) is 25.0 Å². The number of fused-ring (bicyclic) bond motifs is 1. The van der Waals surface area contributed by atoms with Crippen LogP contribution in [0.2, 0.25) is 0 Å². The molecule has 6 heteroatoms.